The molecule has 140 valence electrons. The van der Waals surface area contributed by atoms with Crippen LogP contribution >= 0.6 is 11.3 Å². The number of aryl methyl sites for hydroxylation is 1. The van der Waals surface area contributed by atoms with Crippen LogP contribution in [0.25, 0.3) is 0 Å². The largest absolute Gasteiger partial charge is 0.356 e. The average molecular weight is 367 g/mol. The lowest BCUT2D eigenvalue weighted by Gasteiger charge is -2.26. The van der Waals surface area contributed by atoms with Crippen molar-refractivity contribution in [2.45, 2.75) is 38.8 Å². The molecule has 7 nitrogen and oxygen atoms in total. The number of nitrogens with one attached hydrogen (secondary N) is 2. The van der Waals surface area contributed by atoms with Crippen molar-refractivity contribution in [2.24, 2.45) is 4.99 Å². The predicted octanol–water partition coefficient (Wildman–Crippen LogP) is 1.06. The smallest absolute Gasteiger partial charge is 0.239 e. The Hall–Kier alpha value is -1.67. The number of amides is 1. The van der Waals surface area contributed by atoms with Crippen molar-refractivity contribution in [3.05, 3.63) is 16.1 Å². The molecule has 8 heteroatoms. The number of aromatic nitrogens is 1. The topological polar surface area (TPSA) is 72.9 Å². The fraction of sp³-hybridized carbons (Fsp3) is 0.706. The van der Waals surface area contributed by atoms with Crippen LogP contribution in [-0.4, -0.2) is 73.5 Å². The zero-order chi connectivity index (χ0) is 18.2. The maximum Gasteiger partial charge on any atom is 0.239 e. The van der Waals surface area contributed by atoms with E-state index in [9.17, 15) is 4.79 Å². The number of likely N-dealkylation sites (tertiary alicyclic amines) is 1. The monoisotopic (exact) mass is 366 g/mol. The summed E-state index contributed by atoms with van der Waals surface area (Å²) in [4.78, 5) is 26.0. The van der Waals surface area contributed by atoms with Crippen LogP contribution in [-0.2, 0) is 11.3 Å². The molecule has 1 aromatic heterocycles. The van der Waals surface area contributed by atoms with Gasteiger partial charge in [-0.1, -0.05) is 0 Å². The van der Waals surface area contributed by atoms with Gasteiger partial charge >= 0.3 is 0 Å². The molecule has 1 aliphatic heterocycles. The summed E-state index contributed by atoms with van der Waals surface area (Å²) in [5.41, 5.74) is 0. The molecular weight excluding hydrogens is 336 g/mol. The second kappa shape index (κ2) is 9.72. The van der Waals surface area contributed by atoms with Crippen LogP contribution in [0.5, 0.6) is 0 Å². The molecule has 25 heavy (non-hydrogen) atoms. The van der Waals surface area contributed by atoms with E-state index in [4.69, 9.17) is 0 Å². The van der Waals surface area contributed by atoms with E-state index in [1.807, 2.05) is 20.3 Å². The Bertz CT molecular complexity index is 585. The number of guanidine groups is 1. The summed E-state index contributed by atoms with van der Waals surface area (Å²) in [6.45, 7) is 5.51. The van der Waals surface area contributed by atoms with Crippen LogP contribution in [0.3, 0.4) is 0 Å². The molecule has 0 aromatic carbocycles. The van der Waals surface area contributed by atoms with E-state index in [1.54, 1.807) is 23.3 Å². The average Bonchev–Trinajstić information content (AvgIpc) is 3.22. The zero-order valence-electron chi connectivity index (χ0n) is 15.7. The molecular formula is C17H30N6OS. The van der Waals surface area contributed by atoms with Crippen molar-refractivity contribution >= 4 is 23.2 Å². The van der Waals surface area contributed by atoms with E-state index >= 15 is 0 Å². The van der Waals surface area contributed by atoms with Crippen molar-refractivity contribution in [3.63, 3.8) is 0 Å². The number of carbonyl (C=O) groups is 1. The van der Waals surface area contributed by atoms with Crippen LogP contribution < -0.4 is 10.6 Å². The first-order valence-corrected chi connectivity index (χ1v) is 9.64. The zero-order valence-corrected chi connectivity index (χ0v) is 16.5. The van der Waals surface area contributed by atoms with Gasteiger partial charge in [-0.3, -0.25) is 14.7 Å². The number of rotatable bonds is 7. The second-order valence-corrected chi connectivity index (χ2v) is 7.82. The van der Waals surface area contributed by atoms with Gasteiger partial charge in [0, 0.05) is 45.3 Å². The molecule has 0 spiro atoms. The molecule has 2 heterocycles. The van der Waals surface area contributed by atoms with Gasteiger partial charge in [-0.05, 0) is 32.7 Å². The standard InChI is InChI=1S/C17H30N6OS/c1-13-11-20-15(25-13)12-21-17(18-2)19-8-6-10-23-9-5-7-14(23)16(24)22(3)4/h11,14H,5-10,12H2,1-4H3,(H2,18,19,21). The van der Waals surface area contributed by atoms with E-state index in [0.717, 1.165) is 49.9 Å². The fourth-order valence-electron chi connectivity index (χ4n) is 3.02. The van der Waals surface area contributed by atoms with Crippen LogP contribution in [0.15, 0.2) is 11.2 Å². The van der Waals surface area contributed by atoms with Gasteiger partial charge in [0.15, 0.2) is 5.96 Å². The van der Waals surface area contributed by atoms with Gasteiger partial charge in [0.25, 0.3) is 0 Å². The summed E-state index contributed by atoms with van der Waals surface area (Å²) >= 11 is 1.69. The highest BCUT2D eigenvalue weighted by atomic mass is 32.1. The molecule has 0 radical (unpaired) electrons. The molecule has 0 aliphatic carbocycles. The maximum atomic E-state index is 12.2. The molecule has 2 N–H and O–H groups in total. The van der Waals surface area contributed by atoms with Gasteiger partial charge in [0.2, 0.25) is 5.91 Å². The Kier molecular flexibility index (Phi) is 7.64. The van der Waals surface area contributed by atoms with Crippen molar-refractivity contribution < 1.29 is 4.79 Å². The third-order valence-corrected chi connectivity index (χ3v) is 5.22. The lowest BCUT2D eigenvalue weighted by molar-refractivity contribution is -0.133. The first kappa shape index (κ1) is 19.7. The second-order valence-electron chi connectivity index (χ2n) is 6.50. The van der Waals surface area contributed by atoms with Gasteiger partial charge < -0.3 is 15.5 Å². The van der Waals surface area contributed by atoms with Crippen LogP contribution in [0.2, 0.25) is 0 Å². The fourth-order valence-corrected chi connectivity index (χ4v) is 3.75. The molecule has 1 aliphatic rings. The normalized spacial score (nSPS) is 18.4. The Morgan fingerprint density at radius 2 is 2.28 bits per heavy atom. The summed E-state index contributed by atoms with van der Waals surface area (Å²) in [6, 6.07) is 0.0561. The molecule has 2 rings (SSSR count). The van der Waals surface area contributed by atoms with E-state index in [2.05, 4.69) is 32.4 Å². The minimum Gasteiger partial charge on any atom is -0.356 e. The van der Waals surface area contributed by atoms with Crippen LogP contribution in [0.1, 0.15) is 29.1 Å². The summed E-state index contributed by atoms with van der Waals surface area (Å²) in [7, 11) is 5.44. The number of aliphatic imine (C=N–C) groups is 1. The van der Waals surface area contributed by atoms with Gasteiger partial charge in [0.05, 0.1) is 12.6 Å². The Labute approximate surface area is 154 Å². The molecule has 1 saturated heterocycles. The molecule has 0 bridgehead atoms. The minimum absolute atomic E-state index is 0.0561. The first-order chi connectivity index (χ1) is 12.0. The van der Waals surface area contributed by atoms with Crippen molar-refractivity contribution in [2.75, 3.05) is 40.8 Å². The predicted molar refractivity (Wildman–Crippen MR) is 103 cm³/mol. The number of nitrogens with zero attached hydrogens (tertiary/aromatic N) is 4. The Morgan fingerprint density at radius 1 is 1.48 bits per heavy atom. The van der Waals surface area contributed by atoms with Gasteiger partial charge in [0.1, 0.15) is 5.01 Å². The molecule has 1 amide bonds. The number of likely N-dealkylation sites (N-methyl/N-ethyl adjacent to an activating group) is 1. The maximum absolute atomic E-state index is 12.2. The highest BCUT2D eigenvalue weighted by Gasteiger charge is 2.30. The van der Waals surface area contributed by atoms with Crippen molar-refractivity contribution in [1.82, 2.24) is 25.4 Å². The van der Waals surface area contributed by atoms with Gasteiger partial charge in [-0.2, -0.15) is 0 Å². The minimum atomic E-state index is 0.0561. The van der Waals surface area contributed by atoms with Crippen molar-refractivity contribution in [3.8, 4) is 0 Å². The van der Waals surface area contributed by atoms with E-state index in [0.29, 0.717) is 6.54 Å². The highest BCUT2D eigenvalue weighted by molar-refractivity contribution is 7.11. The third-order valence-electron chi connectivity index (χ3n) is 4.30. The quantitative estimate of drug-likeness (QED) is 0.429. The molecule has 1 atom stereocenters. The molecule has 1 unspecified atom stereocenters. The lowest BCUT2D eigenvalue weighted by Crippen LogP contribution is -2.44. The summed E-state index contributed by atoms with van der Waals surface area (Å²) < 4.78 is 0. The van der Waals surface area contributed by atoms with Crippen molar-refractivity contribution in [1.29, 1.82) is 0 Å². The molecule has 1 fully saturated rings. The van der Waals surface area contributed by atoms with Crippen LogP contribution in [0, 0.1) is 6.92 Å². The van der Waals surface area contributed by atoms with E-state index in [-0.39, 0.29) is 11.9 Å². The summed E-state index contributed by atoms with van der Waals surface area (Å²) in [5.74, 6) is 1.01. The first-order valence-electron chi connectivity index (χ1n) is 8.82. The number of hydrogen-bond donors (Lipinski definition) is 2. The van der Waals surface area contributed by atoms with E-state index in [1.165, 1.54) is 4.88 Å². The Balaban J connectivity index is 1.67. The number of hydrogen-bond acceptors (Lipinski definition) is 5. The summed E-state index contributed by atoms with van der Waals surface area (Å²) in [5, 5.41) is 7.67. The summed E-state index contributed by atoms with van der Waals surface area (Å²) in [6.07, 6.45) is 4.95. The van der Waals surface area contributed by atoms with E-state index < -0.39 is 0 Å². The SMILES string of the molecule is CN=C(NCCCN1CCCC1C(=O)N(C)C)NCc1ncc(C)s1. The number of thiazole rings is 1. The van der Waals surface area contributed by atoms with Crippen LogP contribution in [0.4, 0.5) is 0 Å². The number of carbonyl (C=O) groups excluding carboxylic acids is 1. The lowest BCUT2D eigenvalue weighted by atomic mass is 10.2. The Morgan fingerprint density at radius 3 is 2.92 bits per heavy atom. The molecule has 0 saturated carbocycles. The highest BCUT2D eigenvalue weighted by Crippen LogP contribution is 2.18. The third kappa shape index (κ3) is 5.97. The van der Waals surface area contributed by atoms with Gasteiger partial charge in [-0.15, -0.1) is 11.3 Å². The molecule has 1 aromatic rings. The van der Waals surface area contributed by atoms with Gasteiger partial charge in [-0.25, -0.2) is 4.98 Å².